The average Bonchev–Trinajstić information content (AvgIpc) is 2.70. The number of nitrogens with one attached hydrogen (secondary N) is 1. The van der Waals surface area contributed by atoms with Crippen LogP contribution in [-0.2, 0) is 6.42 Å². The Labute approximate surface area is 100 Å². The summed E-state index contributed by atoms with van der Waals surface area (Å²) >= 11 is 0. The highest BCUT2D eigenvalue weighted by Gasteiger charge is 2.43. The van der Waals surface area contributed by atoms with Crippen LogP contribution in [0.2, 0.25) is 0 Å². The van der Waals surface area contributed by atoms with Gasteiger partial charge in [0.15, 0.2) is 0 Å². The van der Waals surface area contributed by atoms with E-state index in [0.717, 1.165) is 37.1 Å². The maximum absolute atomic E-state index is 13.0. The molecule has 1 fully saturated rings. The van der Waals surface area contributed by atoms with Crippen LogP contribution < -0.4 is 5.32 Å². The molecule has 1 N–H and O–H groups in total. The van der Waals surface area contributed by atoms with E-state index in [4.69, 9.17) is 0 Å². The predicted molar refractivity (Wildman–Crippen MR) is 63.4 cm³/mol. The van der Waals surface area contributed by atoms with Gasteiger partial charge in [0, 0.05) is 24.6 Å². The van der Waals surface area contributed by atoms with Gasteiger partial charge in [-0.15, -0.1) is 0 Å². The van der Waals surface area contributed by atoms with Crippen LogP contribution in [0.4, 0.5) is 8.78 Å². The number of hydrogen-bond acceptors (Lipinski definition) is 1. The summed E-state index contributed by atoms with van der Waals surface area (Å²) in [6.07, 6.45) is -0.532. The third-order valence-electron chi connectivity index (χ3n) is 4.52. The van der Waals surface area contributed by atoms with E-state index in [0.29, 0.717) is 5.92 Å². The van der Waals surface area contributed by atoms with Crippen LogP contribution in [0.1, 0.15) is 42.4 Å². The lowest BCUT2D eigenvalue weighted by Crippen LogP contribution is -2.30. The Morgan fingerprint density at radius 1 is 1.41 bits per heavy atom. The number of fused-ring (bicyclic) bond motifs is 3. The van der Waals surface area contributed by atoms with E-state index >= 15 is 0 Å². The van der Waals surface area contributed by atoms with Gasteiger partial charge in [-0.1, -0.05) is 25.1 Å². The minimum Gasteiger partial charge on any atom is -0.316 e. The van der Waals surface area contributed by atoms with Crippen molar-refractivity contribution in [3.8, 4) is 0 Å². The molecule has 1 saturated heterocycles. The molecule has 3 rings (SSSR count). The summed E-state index contributed by atoms with van der Waals surface area (Å²) in [5, 5.41) is 3.41. The van der Waals surface area contributed by atoms with Crippen molar-refractivity contribution in [3.05, 3.63) is 34.9 Å². The number of alkyl halides is 2. The van der Waals surface area contributed by atoms with Crippen LogP contribution in [0.3, 0.4) is 0 Å². The van der Waals surface area contributed by atoms with Crippen molar-refractivity contribution < 1.29 is 8.78 Å². The molecule has 1 aromatic carbocycles. The first-order valence-electron chi connectivity index (χ1n) is 6.22. The third-order valence-corrected chi connectivity index (χ3v) is 4.52. The lowest BCUT2D eigenvalue weighted by molar-refractivity contribution is 0.148. The van der Waals surface area contributed by atoms with Gasteiger partial charge in [-0.05, 0) is 29.4 Å². The van der Waals surface area contributed by atoms with Crippen LogP contribution in [0.25, 0.3) is 0 Å². The lowest BCUT2D eigenvalue weighted by Gasteiger charge is -2.37. The summed E-state index contributed by atoms with van der Waals surface area (Å²) in [5.41, 5.74) is 2.57. The van der Waals surface area contributed by atoms with Crippen molar-refractivity contribution in [3.63, 3.8) is 0 Å². The van der Waals surface area contributed by atoms with E-state index < -0.39 is 6.43 Å². The van der Waals surface area contributed by atoms with Gasteiger partial charge in [-0.3, -0.25) is 0 Å². The van der Waals surface area contributed by atoms with Gasteiger partial charge in [-0.25, -0.2) is 8.78 Å². The molecular formula is C14H17F2N. The zero-order chi connectivity index (χ0) is 12.0. The van der Waals surface area contributed by atoms with Crippen LogP contribution in [-0.4, -0.2) is 13.1 Å². The summed E-state index contributed by atoms with van der Waals surface area (Å²) in [7, 11) is 0. The highest BCUT2D eigenvalue weighted by Crippen LogP contribution is 2.48. The van der Waals surface area contributed by atoms with Crippen LogP contribution >= 0.6 is 0 Å². The van der Waals surface area contributed by atoms with E-state index in [2.05, 4.69) is 12.2 Å². The van der Waals surface area contributed by atoms with Crippen molar-refractivity contribution in [1.82, 2.24) is 5.32 Å². The number of benzene rings is 1. The Bertz CT molecular complexity index is 444. The average molecular weight is 237 g/mol. The zero-order valence-corrected chi connectivity index (χ0v) is 9.97. The normalized spacial score (nSPS) is 31.4. The second-order valence-corrected chi connectivity index (χ2v) is 5.55. The Morgan fingerprint density at radius 2 is 2.24 bits per heavy atom. The van der Waals surface area contributed by atoms with E-state index in [1.165, 1.54) is 0 Å². The minimum atomic E-state index is -2.34. The molecule has 92 valence electrons. The smallest absolute Gasteiger partial charge is 0.264 e. The summed E-state index contributed by atoms with van der Waals surface area (Å²) < 4.78 is 26.0. The lowest BCUT2D eigenvalue weighted by atomic mass is 9.66. The van der Waals surface area contributed by atoms with Gasteiger partial charge in [0.05, 0.1) is 0 Å². The molecule has 0 bridgehead atoms. The van der Waals surface area contributed by atoms with Gasteiger partial charge in [-0.2, -0.15) is 0 Å². The quantitative estimate of drug-likeness (QED) is 0.790. The molecule has 0 radical (unpaired) electrons. The Balaban J connectivity index is 2.10. The van der Waals surface area contributed by atoms with E-state index in [9.17, 15) is 8.78 Å². The molecule has 1 nitrogen and oxygen atoms in total. The van der Waals surface area contributed by atoms with Gasteiger partial charge in [0.25, 0.3) is 6.43 Å². The van der Waals surface area contributed by atoms with Crippen molar-refractivity contribution in [2.24, 2.45) is 5.41 Å². The zero-order valence-electron chi connectivity index (χ0n) is 9.97. The first-order valence-corrected chi connectivity index (χ1v) is 6.22. The van der Waals surface area contributed by atoms with E-state index in [1.54, 1.807) is 12.1 Å². The van der Waals surface area contributed by atoms with Gasteiger partial charge >= 0.3 is 0 Å². The maximum atomic E-state index is 13.0. The van der Waals surface area contributed by atoms with Crippen molar-refractivity contribution in [2.45, 2.75) is 32.1 Å². The Kier molecular flexibility index (Phi) is 2.47. The molecule has 0 aromatic heterocycles. The first kappa shape index (κ1) is 11.1. The molecular weight excluding hydrogens is 220 g/mol. The van der Waals surface area contributed by atoms with Gasteiger partial charge < -0.3 is 5.32 Å². The van der Waals surface area contributed by atoms with Crippen LogP contribution in [0.5, 0.6) is 0 Å². The maximum Gasteiger partial charge on any atom is 0.264 e. The molecule has 2 atom stereocenters. The monoisotopic (exact) mass is 237 g/mol. The highest BCUT2D eigenvalue weighted by atomic mass is 19.3. The Morgan fingerprint density at radius 3 is 3.00 bits per heavy atom. The standard InChI is InChI=1S/C14H17F2N/c1-14-6-5-9-10(12(14)7-17-8-14)3-2-4-11(9)13(15)16/h2-4,12-13,17H,5-8H2,1H3. The second-order valence-electron chi connectivity index (χ2n) is 5.55. The summed E-state index contributed by atoms with van der Waals surface area (Å²) in [4.78, 5) is 0. The SMILES string of the molecule is CC12CCc3c(C(F)F)cccc3C1CNC2. The van der Waals surface area contributed by atoms with E-state index in [-0.39, 0.29) is 11.0 Å². The first-order chi connectivity index (χ1) is 8.12. The molecule has 1 aliphatic heterocycles. The molecule has 2 unspecified atom stereocenters. The van der Waals surface area contributed by atoms with Crippen molar-refractivity contribution in [2.75, 3.05) is 13.1 Å². The van der Waals surface area contributed by atoms with E-state index in [1.807, 2.05) is 6.07 Å². The predicted octanol–water partition coefficient (Wildman–Crippen LogP) is 3.26. The molecule has 0 spiro atoms. The van der Waals surface area contributed by atoms with Crippen LogP contribution in [0.15, 0.2) is 18.2 Å². The molecule has 2 aliphatic rings. The number of halogens is 2. The molecule has 3 heteroatoms. The molecule has 1 heterocycles. The van der Waals surface area contributed by atoms with Gasteiger partial charge in [0.2, 0.25) is 0 Å². The largest absolute Gasteiger partial charge is 0.316 e. The molecule has 1 aliphatic carbocycles. The van der Waals surface area contributed by atoms with Crippen LogP contribution in [0, 0.1) is 5.41 Å². The summed E-state index contributed by atoms with van der Waals surface area (Å²) in [6, 6.07) is 5.40. The summed E-state index contributed by atoms with van der Waals surface area (Å²) in [6.45, 7) is 4.21. The third kappa shape index (κ3) is 1.60. The number of hydrogen-bond donors (Lipinski definition) is 1. The summed E-state index contributed by atoms with van der Waals surface area (Å²) in [5.74, 6) is 0.407. The Hall–Kier alpha value is -0.960. The minimum absolute atomic E-state index is 0.247. The fraction of sp³-hybridized carbons (Fsp3) is 0.571. The fourth-order valence-corrected chi connectivity index (χ4v) is 3.47. The molecule has 1 aromatic rings. The van der Waals surface area contributed by atoms with Crippen molar-refractivity contribution in [1.29, 1.82) is 0 Å². The highest BCUT2D eigenvalue weighted by molar-refractivity contribution is 5.42. The van der Waals surface area contributed by atoms with Crippen molar-refractivity contribution >= 4 is 0 Å². The molecule has 0 amide bonds. The molecule has 17 heavy (non-hydrogen) atoms. The topological polar surface area (TPSA) is 12.0 Å². The fourth-order valence-electron chi connectivity index (χ4n) is 3.47. The molecule has 0 saturated carbocycles. The number of rotatable bonds is 1. The second kappa shape index (κ2) is 3.77. The van der Waals surface area contributed by atoms with Gasteiger partial charge in [0.1, 0.15) is 0 Å².